The first-order valence-electron chi connectivity index (χ1n) is 1.84. The minimum Gasteiger partial charge on any atom is -0.363 e. The number of carbonyl (C=O) groups excluding carboxylic acids is 1. The Morgan fingerprint density at radius 3 is 1.80 bits per heavy atom. The molecule has 0 aromatic carbocycles. The van der Waals surface area contributed by atoms with Crippen molar-refractivity contribution in [3.63, 3.8) is 0 Å². The van der Waals surface area contributed by atoms with Gasteiger partial charge in [0.15, 0.2) is 0 Å². The summed E-state index contributed by atoms with van der Waals surface area (Å²) < 4.78 is 50.3. The highest BCUT2D eigenvalue weighted by Crippen LogP contribution is 2.18. The van der Waals surface area contributed by atoms with Gasteiger partial charge in [-0.1, -0.05) is 0 Å². The molecule has 0 rings (SSSR count). The minimum absolute atomic E-state index is 2.41. The lowest BCUT2D eigenvalue weighted by Gasteiger charge is -2.06. The highest BCUT2D eigenvalue weighted by molar-refractivity contribution is 7.87. The van der Waals surface area contributed by atoms with Crippen molar-refractivity contribution in [1.29, 1.82) is 0 Å². The van der Waals surface area contributed by atoms with Gasteiger partial charge in [-0.05, 0) is 0 Å². The zero-order valence-corrected chi connectivity index (χ0v) is 5.23. The van der Waals surface area contributed by atoms with Gasteiger partial charge < -0.3 is 5.73 Å². The molecule has 0 unspecified atom stereocenters. The van der Waals surface area contributed by atoms with Crippen LogP contribution in [0.25, 0.3) is 0 Å². The van der Waals surface area contributed by atoms with E-state index < -0.39 is 21.3 Å². The van der Waals surface area contributed by atoms with Crippen molar-refractivity contribution in [3.05, 3.63) is 0 Å². The Bertz CT molecular complexity index is 244. The van der Waals surface area contributed by atoms with Crippen molar-refractivity contribution in [2.75, 3.05) is 0 Å². The van der Waals surface area contributed by atoms with Crippen LogP contribution in [0.5, 0.6) is 0 Å². The molecule has 60 valence electrons. The maximum Gasteiger partial charge on any atom is 0.446 e. The number of hydrogen-bond acceptors (Lipinski definition) is 3. The van der Waals surface area contributed by atoms with Crippen molar-refractivity contribution < 1.29 is 26.5 Å². The van der Waals surface area contributed by atoms with Crippen molar-refractivity contribution in [3.8, 4) is 0 Å². The van der Waals surface area contributed by atoms with Crippen molar-refractivity contribution in [2.45, 2.75) is 5.25 Å². The van der Waals surface area contributed by atoms with E-state index in [-0.39, 0.29) is 0 Å². The first-order chi connectivity index (χ1) is 4.19. The lowest BCUT2D eigenvalue weighted by atomic mass is 10.7. The number of primary amides is 1. The third-order valence-corrected chi connectivity index (χ3v) is 1.46. The molecule has 0 aliphatic carbocycles. The molecule has 0 aromatic rings. The van der Waals surface area contributed by atoms with Gasteiger partial charge in [0.1, 0.15) is 0 Å². The number of alkyl halides is 2. The average molecular weight is 175 g/mol. The normalized spacial score (nSPS) is 13.1. The molecule has 0 fully saturated rings. The number of halogens is 2. The molecule has 0 aromatic heterocycles. The van der Waals surface area contributed by atoms with Gasteiger partial charge in [0.05, 0.1) is 0 Å². The molecular formula is C2H3F2NO4S. The summed E-state index contributed by atoms with van der Waals surface area (Å²) in [6.07, 6.45) is 0. The van der Waals surface area contributed by atoms with Crippen LogP contribution in [0.4, 0.5) is 8.78 Å². The van der Waals surface area contributed by atoms with E-state index in [1.807, 2.05) is 0 Å². The summed E-state index contributed by atoms with van der Waals surface area (Å²) >= 11 is 0. The second-order valence-corrected chi connectivity index (χ2v) is 2.82. The third kappa shape index (κ3) is 1.39. The van der Waals surface area contributed by atoms with Crippen LogP contribution in [-0.2, 0) is 14.9 Å². The number of carbonyl (C=O) groups is 1. The molecule has 3 N–H and O–H groups in total. The molecule has 5 nitrogen and oxygen atoms in total. The second kappa shape index (κ2) is 2.13. The van der Waals surface area contributed by atoms with Gasteiger partial charge in [-0.2, -0.15) is 17.2 Å². The fourth-order valence-electron chi connectivity index (χ4n) is 0.127. The molecule has 0 spiro atoms. The smallest absolute Gasteiger partial charge is 0.363 e. The number of amides is 1. The van der Waals surface area contributed by atoms with Crippen LogP contribution >= 0.6 is 0 Å². The Hall–Kier alpha value is -0.760. The molecule has 0 heterocycles. The van der Waals surface area contributed by atoms with Crippen LogP contribution in [-0.4, -0.2) is 24.1 Å². The molecule has 0 radical (unpaired) electrons. The average Bonchev–Trinajstić information content (AvgIpc) is 1.62. The zero-order valence-electron chi connectivity index (χ0n) is 4.41. The largest absolute Gasteiger partial charge is 0.446 e. The van der Waals surface area contributed by atoms with Crippen molar-refractivity contribution in [1.82, 2.24) is 0 Å². The van der Waals surface area contributed by atoms with Gasteiger partial charge in [-0.15, -0.1) is 0 Å². The second-order valence-electron chi connectivity index (χ2n) is 1.36. The molecule has 1 amide bonds. The molecule has 0 aliphatic rings. The lowest BCUT2D eigenvalue weighted by molar-refractivity contribution is -0.132. The van der Waals surface area contributed by atoms with Crippen LogP contribution in [0.15, 0.2) is 0 Å². The van der Waals surface area contributed by atoms with Gasteiger partial charge in [-0.3, -0.25) is 9.35 Å². The van der Waals surface area contributed by atoms with Crippen LogP contribution in [0, 0.1) is 0 Å². The Morgan fingerprint density at radius 1 is 1.50 bits per heavy atom. The molecular weight excluding hydrogens is 172 g/mol. The fourth-order valence-corrected chi connectivity index (χ4v) is 0.381. The van der Waals surface area contributed by atoms with Crippen molar-refractivity contribution >= 4 is 16.0 Å². The lowest BCUT2D eigenvalue weighted by Crippen LogP contribution is -2.42. The summed E-state index contributed by atoms with van der Waals surface area (Å²) in [6, 6.07) is 0. The molecule has 0 saturated heterocycles. The summed E-state index contributed by atoms with van der Waals surface area (Å²) in [7, 11) is -5.71. The van der Waals surface area contributed by atoms with E-state index >= 15 is 0 Å². The molecule has 10 heavy (non-hydrogen) atoms. The van der Waals surface area contributed by atoms with Gasteiger partial charge in [0, 0.05) is 0 Å². The van der Waals surface area contributed by atoms with E-state index in [1.54, 1.807) is 0 Å². The Balaban J connectivity index is 4.95. The predicted molar refractivity (Wildman–Crippen MR) is 25.7 cm³/mol. The Morgan fingerprint density at radius 2 is 1.80 bits per heavy atom. The van der Waals surface area contributed by atoms with Gasteiger partial charge in [0.2, 0.25) is 0 Å². The standard InChI is InChI=1S/C2H3F2NO4S/c3-2(4,1(5)6)10(7,8)9/h(H2,5,6)(H,7,8,9). The van der Waals surface area contributed by atoms with E-state index in [0.29, 0.717) is 0 Å². The molecule has 0 saturated carbocycles. The quantitative estimate of drug-likeness (QED) is 0.523. The van der Waals surface area contributed by atoms with E-state index in [1.165, 1.54) is 0 Å². The van der Waals surface area contributed by atoms with Gasteiger partial charge in [0.25, 0.3) is 0 Å². The molecule has 0 bridgehead atoms. The van der Waals surface area contributed by atoms with E-state index in [0.717, 1.165) is 0 Å². The topological polar surface area (TPSA) is 97.5 Å². The van der Waals surface area contributed by atoms with Gasteiger partial charge in [-0.25, -0.2) is 0 Å². The van der Waals surface area contributed by atoms with Crippen LogP contribution in [0.3, 0.4) is 0 Å². The zero-order chi connectivity index (χ0) is 8.58. The molecule has 0 aliphatic heterocycles. The molecule has 0 atom stereocenters. The number of rotatable bonds is 2. The monoisotopic (exact) mass is 175 g/mol. The Labute approximate surface area is 54.6 Å². The van der Waals surface area contributed by atoms with Crippen LogP contribution < -0.4 is 5.73 Å². The van der Waals surface area contributed by atoms with Crippen molar-refractivity contribution in [2.24, 2.45) is 5.73 Å². The summed E-state index contributed by atoms with van der Waals surface area (Å²) in [5.41, 5.74) is 3.93. The highest BCUT2D eigenvalue weighted by Gasteiger charge is 2.50. The first-order valence-corrected chi connectivity index (χ1v) is 3.28. The fraction of sp³-hybridized carbons (Fsp3) is 0.500. The van der Waals surface area contributed by atoms with Gasteiger partial charge >= 0.3 is 21.3 Å². The summed E-state index contributed by atoms with van der Waals surface area (Å²) in [5.74, 6) is -2.41. The van der Waals surface area contributed by atoms with Crippen LogP contribution in [0.1, 0.15) is 0 Å². The minimum atomic E-state index is -5.71. The predicted octanol–water partition coefficient (Wildman–Crippen LogP) is -1.05. The number of hydrogen-bond donors (Lipinski definition) is 2. The van der Waals surface area contributed by atoms with E-state index in [9.17, 15) is 22.0 Å². The summed E-state index contributed by atoms with van der Waals surface area (Å²) in [5, 5.41) is -4.90. The molecule has 8 heteroatoms. The maximum atomic E-state index is 11.7. The number of nitrogens with two attached hydrogens (primary N) is 1. The summed E-state index contributed by atoms with van der Waals surface area (Å²) in [6.45, 7) is 0. The van der Waals surface area contributed by atoms with Crippen LogP contribution in [0.2, 0.25) is 0 Å². The maximum absolute atomic E-state index is 11.7. The highest BCUT2D eigenvalue weighted by atomic mass is 32.2. The SMILES string of the molecule is NC(=O)C(F)(F)S(=O)(=O)O. The third-order valence-electron chi connectivity index (χ3n) is 0.611. The first kappa shape index (κ1) is 9.24. The van der Waals surface area contributed by atoms with E-state index in [4.69, 9.17) is 4.55 Å². The Kier molecular flexibility index (Phi) is 1.97. The summed E-state index contributed by atoms with van der Waals surface area (Å²) in [4.78, 5) is 9.60. The van der Waals surface area contributed by atoms with E-state index in [2.05, 4.69) is 5.73 Å².